The fourth-order valence-electron chi connectivity index (χ4n) is 4.46. The van der Waals surface area contributed by atoms with Gasteiger partial charge in [0, 0.05) is 19.0 Å². The lowest BCUT2D eigenvalue weighted by molar-refractivity contribution is 0.0136. The standard InChI is InChI=1S/C29H34N2O5/c1-31(2)17-18-35-21-13-11-20(12-14-21)28(33)27(32)15-16-30-29(34)36-19-26-24-9-5-3-7-22(24)23-8-4-6-10-25(23)26/h3-14,26-28,32-33H,15-19H2,1-2H3,(H,30,34). The molecule has 2 unspecified atom stereocenters. The summed E-state index contributed by atoms with van der Waals surface area (Å²) < 4.78 is 11.2. The van der Waals surface area contributed by atoms with Crippen LogP contribution >= 0.6 is 0 Å². The Morgan fingerprint density at radius 1 is 0.944 bits per heavy atom. The molecule has 7 nitrogen and oxygen atoms in total. The Morgan fingerprint density at radius 3 is 2.17 bits per heavy atom. The summed E-state index contributed by atoms with van der Waals surface area (Å²) in [6, 6.07) is 23.4. The molecule has 0 fully saturated rings. The minimum atomic E-state index is -1.06. The number of hydrogen-bond acceptors (Lipinski definition) is 6. The number of carbonyl (C=O) groups is 1. The zero-order valence-electron chi connectivity index (χ0n) is 20.8. The second-order valence-electron chi connectivity index (χ2n) is 9.27. The van der Waals surface area contributed by atoms with Gasteiger partial charge in [0.25, 0.3) is 0 Å². The van der Waals surface area contributed by atoms with Crippen molar-refractivity contribution in [2.75, 3.05) is 40.4 Å². The van der Waals surface area contributed by atoms with E-state index in [-0.39, 0.29) is 25.5 Å². The lowest BCUT2D eigenvalue weighted by atomic mass is 9.98. The molecule has 0 saturated carbocycles. The van der Waals surface area contributed by atoms with Crippen LogP contribution in [0.1, 0.15) is 35.1 Å². The average molecular weight is 491 g/mol. The topological polar surface area (TPSA) is 91.3 Å². The second-order valence-corrected chi connectivity index (χ2v) is 9.27. The Balaban J connectivity index is 1.21. The van der Waals surface area contributed by atoms with Crippen LogP contribution < -0.4 is 10.1 Å². The minimum Gasteiger partial charge on any atom is -0.492 e. The number of nitrogens with zero attached hydrogens (tertiary/aromatic N) is 1. The molecule has 1 aliphatic carbocycles. The van der Waals surface area contributed by atoms with Gasteiger partial charge in [-0.15, -0.1) is 0 Å². The van der Waals surface area contributed by atoms with Crippen LogP contribution in [-0.4, -0.2) is 67.7 Å². The minimum absolute atomic E-state index is 0.00889. The molecule has 0 bridgehead atoms. The Morgan fingerprint density at radius 2 is 1.56 bits per heavy atom. The van der Waals surface area contributed by atoms with Crippen molar-refractivity contribution >= 4 is 6.09 Å². The van der Waals surface area contributed by atoms with Gasteiger partial charge >= 0.3 is 6.09 Å². The molecule has 0 aromatic heterocycles. The van der Waals surface area contributed by atoms with Crippen LogP contribution in [0.3, 0.4) is 0 Å². The number of amides is 1. The van der Waals surface area contributed by atoms with Gasteiger partial charge in [0.2, 0.25) is 0 Å². The highest BCUT2D eigenvalue weighted by molar-refractivity contribution is 5.79. The fourth-order valence-corrected chi connectivity index (χ4v) is 4.46. The van der Waals surface area contributed by atoms with E-state index in [1.807, 2.05) is 43.3 Å². The van der Waals surface area contributed by atoms with Crippen molar-refractivity contribution in [3.8, 4) is 16.9 Å². The van der Waals surface area contributed by atoms with Crippen molar-refractivity contribution in [3.05, 3.63) is 89.5 Å². The van der Waals surface area contributed by atoms with Crippen LogP contribution in [0.5, 0.6) is 5.75 Å². The number of aliphatic hydroxyl groups excluding tert-OH is 2. The number of hydrogen-bond donors (Lipinski definition) is 3. The first kappa shape index (κ1) is 25.7. The maximum absolute atomic E-state index is 12.3. The SMILES string of the molecule is CN(C)CCOc1ccc(C(O)C(O)CCNC(=O)OCC2c3ccccc3-c3ccccc32)cc1. The Labute approximate surface area is 212 Å². The van der Waals surface area contributed by atoms with Gasteiger partial charge in [-0.1, -0.05) is 60.7 Å². The summed E-state index contributed by atoms with van der Waals surface area (Å²) in [5.74, 6) is 0.699. The van der Waals surface area contributed by atoms with Gasteiger partial charge in [0.05, 0.1) is 6.10 Å². The third kappa shape index (κ3) is 6.23. The van der Waals surface area contributed by atoms with Crippen molar-refractivity contribution in [2.45, 2.75) is 24.5 Å². The Bertz CT molecular complexity index is 1100. The Kier molecular flexibility index (Phi) is 8.59. The van der Waals surface area contributed by atoms with Crippen LogP contribution in [0, 0.1) is 0 Å². The number of nitrogens with one attached hydrogen (secondary N) is 1. The van der Waals surface area contributed by atoms with Gasteiger partial charge in [0.15, 0.2) is 0 Å². The molecule has 3 aromatic carbocycles. The summed E-state index contributed by atoms with van der Waals surface area (Å²) >= 11 is 0. The fraction of sp³-hybridized carbons (Fsp3) is 0.345. The third-order valence-corrected chi connectivity index (χ3v) is 6.45. The molecule has 0 spiro atoms. The summed E-state index contributed by atoms with van der Waals surface area (Å²) in [5.41, 5.74) is 5.24. The number of fused-ring (bicyclic) bond motifs is 3. The first-order valence-electron chi connectivity index (χ1n) is 12.3. The normalized spacial score (nSPS) is 14.1. The molecule has 3 aromatic rings. The van der Waals surface area contributed by atoms with Crippen LogP contribution in [0.25, 0.3) is 11.1 Å². The molecule has 3 N–H and O–H groups in total. The molecule has 1 amide bonds. The van der Waals surface area contributed by atoms with E-state index in [0.717, 1.165) is 17.7 Å². The highest BCUT2D eigenvalue weighted by Crippen LogP contribution is 2.44. The third-order valence-electron chi connectivity index (χ3n) is 6.45. The summed E-state index contributed by atoms with van der Waals surface area (Å²) in [6.07, 6.45) is -2.45. The van der Waals surface area contributed by atoms with Crippen LogP contribution in [0.2, 0.25) is 0 Å². The van der Waals surface area contributed by atoms with Crippen molar-refractivity contribution in [2.24, 2.45) is 0 Å². The van der Waals surface area contributed by atoms with Crippen LogP contribution in [0.4, 0.5) is 4.79 Å². The van der Waals surface area contributed by atoms with Gasteiger partial charge in [-0.05, 0) is 60.5 Å². The van der Waals surface area contributed by atoms with E-state index in [0.29, 0.717) is 17.9 Å². The Hall–Kier alpha value is -3.39. The van der Waals surface area contributed by atoms with E-state index in [2.05, 4.69) is 29.6 Å². The van der Waals surface area contributed by atoms with E-state index in [4.69, 9.17) is 9.47 Å². The monoisotopic (exact) mass is 490 g/mol. The predicted octanol–water partition coefficient (Wildman–Crippen LogP) is 3.95. The van der Waals surface area contributed by atoms with Gasteiger partial charge in [0.1, 0.15) is 25.1 Å². The highest BCUT2D eigenvalue weighted by atomic mass is 16.5. The van der Waals surface area contributed by atoms with Gasteiger partial charge in [-0.2, -0.15) is 0 Å². The molecular weight excluding hydrogens is 456 g/mol. The number of alkyl carbamates (subject to hydrolysis) is 1. The quantitative estimate of drug-likeness (QED) is 0.377. The van der Waals surface area contributed by atoms with Crippen molar-refractivity contribution in [1.82, 2.24) is 10.2 Å². The van der Waals surface area contributed by atoms with E-state index < -0.39 is 18.3 Å². The zero-order valence-corrected chi connectivity index (χ0v) is 20.8. The molecule has 0 radical (unpaired) electrons. The first-order valence-corrected chi connectivity index (χ1v) is 12.3. The van der Waals surface area contributed by atoms with E-state index in [1.54, 1.807) is 24.3 Å². The van der Waals surface area contributed by atoms with Crippen LogP contribution in [-0.2, 0) is 4.74 Å². The van der Waals surface area contributed by atoms with E-state index in [9.17, 15) is 15.0 Å². The van der Waals surface area contributed by atoms with Gasteiger partial charge in [-0.25, -0.2) is 4.79 Å². The molecule has 0 saturated heterocycles. The first-order chi connectivity index (χ1) is 17.4. The number of ether oxygens (including phenoxy) is 2. The highest BCUT2D eigenvalue weighted by Gasteiger charge is 2.29. The maximum Gasteiger partial charge on any atom is 0.407 e. The lowest BCUT2D eigenvalue weighted by Crippen LogP contribution is -2.30. The lowest BCUT2D eigenvalue weighted by Gasteiger charge is -2.19. The summed E-state index contributed by atoms with van der Waals surface area (Å²) in [4.78, 5) is 14.3. The number of benzene rings is 3. The van der Waals surface area contributed by atoms with Crippen molar-refractivity contribution in [3.63, 3.8) is 0 Å². The molecule has 190 valence electrons. The summed E-state index contributed by atoms with van der Waals surface area (Å²) in [5, 5.41) is 23.6. The van der Waals surface area contributed by atoms with Gasteiger partial charge < -0.3 is 29.9 Å². The molecule has 0 aliphatic heterocycles. The van der Waals surface area contributed by atoms with E-state index >= 15 is 0 Å². The molecule has 0 heterocycles. The predicted molar refractivity (Wildman–Crippen MR) is 139 cm³/mol. The molecule has 4 rings (SSSR count). The molecule has 2 atom stereocenters. The number of aliphatic hydroxyl groups is 2. The largest absolute Gasteiger partial charge is 0.492 e. The van der Waals surface area contributed by atoms with Crippen molar-refractivity contribution in [1.29, 1.82) is 0 Å². The second kappa shape index (κ2) is 12.0. The number of likely N-dealkylation sites (N-methyl/N-ethyl adjacent to an activating group) is 1. The van der Waals surface area contributed by atoms with Gasteiger partial charge in [-0.3, -0.25) is 0 Å². The summed E-state index contributed by atoms with van der Waals surface area (Å²) in [6.45, 7) is 1.79. The molecule has 7 heteroatoms. The van der Waals surface area contributed by atoms with Crippen molar-refractivity contribution < 1.29 is 24.5 Å². The molecular formula is C29H34N2O5. The molecule has 1 aliphatic rings. The maximum atomic E-state index is 12.3. The number of carbonyl (C=O) groups excluding carboxylic acids is 1. The smallest absolute Gasteiger partial charge is 0.407 e. The zero-order chi connectivity index (χ0) is 25.5. The number of rotatable bonds is 11. The van der Waals surface area contributed by atoms with Crippen LogP contribution in [0.15, 0.2) is 72.8 Å². The van der Waals surface area contributed by atoms with E-state index in [1.165, 1.54) is 11.1 Å². The average Bonchev–Trinajstić information content (AvgIpc) is 3.21. The molecule has 36 heavy (non-hydrogen) atoms. The summed E-state index contributed by atoms with van der Waals surface area (Å²) in [7, 11) is 3.96.